The Bertz CT molecular complexity index is 1290. The summed E-state index contributed by atoms with van der Waals surface area (Å²) in [4.78, 5) is 44.2. The van der Waals surface area contributed by atoms with E-state index in [2.05, 4.69) is 20.3 Å². The van der Waals surface area contributed by atoms with Crippen molar-refractivity contribution in [2.24, 2.45) is 0 Å². The summed E-state index contributed by atoms with van der Waals surface area (Å²) in [5.74, 6) is 0.375. The van der Waals surface area contributed by atoms with Crippen molar-refractivity contribution in [1.29, 1.82) is 0 Å². The Labute approximate surface area is 169 Å². The van der Waals surface area contributed by atoms with Crippen molar-refractivity contribution in [3.63, 3.8) is 0 Å². The average Bonchev–Trinajstić information content (AvgIpc) is 3.25. The lowest BCUT2D eigenvalue weighted by molar-refractivity contribution is 0.0928. The van der Waals surface area contributed by atoms with Crippen molar-refractivity contribution in [3.05, 3.63) is 98.2 Å². The van der Waals surface area contributed by atoms with Crippen molar-refractivity contribution in [2.45, 2.75) is 19.8 Å². The van der Waals surface area contributed by atoms with Gasteiger partial charge in [-0.2, -0.15) is 0 Å². The Morgan fingerprint density at radius 3 is 2.77 bits per heavy atom. The highest BCUT2D eigenvalue weighted by molar-refractivity contribution is 5.96. The van der Waals surface area contributed by atoms with Crippen molar-refractivity contribution in [3.8, 4) is 0 Å². The van der Waals surface area contributed by atoms with Gasteiger partial charge in [-0.3, -0.25) is 19.6 Å². The first-order valence-corrected chi connectivity index (χ1v) is 9.17. The Hall–Kier alpha value is -3.98. The molecule has 3 N–H and O–H groups in total. The van der Waals surface area contributed by atoms with Gasteiger partial charge in [0.05, 0.1) is 23.8 Å². The molecule has 152 valence electrons. The van der Waals surface area contributed by atoms with Gasteiger partial charge in [-0.05, 0) is 29.3 Å². The molecular formula is C21H18N4O5. The van der Waals surface area contributed by atoms with Gasteiger partial charge in [-0.1, -0.05) is 24.3 Å². The van der Waals surface area contributed by atoms with E-state index >= 15 is 0 Å². The SMILES string of the molecule is O=C(NCc1cccc(COCc2ccco2)c1)c1cnc2[nH]c(=O)[nH]c(=O)c2c1. The number of pyridine rings is 1. The van der Waals surface area contributed by atoms with Gasteiger partial charge in [-0.15, -0.1) is 0 Å². The maximum Gasteiger partial charge on any atom is 0.327 e. The third-order valence-corrected chi connectivity index (χ3v) is 4.39. The van der Waals surface area contributed by atoms with Crippen LogP contribution in [0.4, 0.5) is 0 Å². The minimum Gasteiger partial charge on any atom is -0.467 e. The molecule has 1 amide bonds. The van der Waals surface area contributed by atoms with Crippen LogP contribution in [0.2, 0.25) is 0 Å². The standard InChI is InChI=1S/C21H18N4O5/c26-19(15-8-17-18(22-10-15)24-21(28)25-20(17)27)23-9-13-3-1-4-14(7-13)11-29-12-16-5-2-6-30-16/h1-8,10H,9,11-12H2,(H,23,26)(H2,22,24,25,27,28). The molecule has 0 aliphatic carbocycles. The Morgan fingerprint density at radius 2 is 1.93 bits per heavy atom. The summed E-state index contributed by atoms with van der Waals surface area (Å²) in [7, 11) is 0. The molecule has 4 rings (SSSR count). The van der Waals surface area contributed by atoms with Crippen LogP contribution in [0.3, 0.4) is 0 Å². The summed E-state index contributed by atoms with van der Waals surface area (Å²) in [6, 6.07) is 12.7. The third kappa shape index (κ3) is 4.53. The van der Waals surface area contributed by atoms with E-state index in [0.29, 0.717) is 19.8 Å². The fraction of sp³-hybridized carbons (Fsp3) is 0.143. The van der Waals surface area contributed by atoms with Crippen LogP contribution in [0.25, 0.3) is 11.0 Å². The number of hydrogen-bond donors (Lipinski definition) is 3. The maximum atomic E-state index is 12.5. The molecule has 0 spiro atoms. The Kier molecular flexibility index (Phi) is 5.53. The largest absolute Gasteiger partial charge is 0.467 e. The lowest BCUT2D eigenvalue weighted by atomic mass is 10.1. The van der Waals surface area contributed by atoms with Gasteiger partial charge < -0.3 is 14.5 Å². The molecule has 30 heavy (non-hydrogen) atoms. The number of aromatic nitrogens is 3. The van der Waals surface area contributed by atoms with Gasteiger partial charge in [0, 0.05) is 12.7 Å². The number of amides is 1. The molecule has 0 saturated heterocycles. The zero-order valence-corrected chi connectivity index (χ0v) is 15.8. The average molecular weight is 406 g/mol. The summed E-state index contributed by atoms with van der Waals surface area (Å²) >= 11 is 0. The molecule has 3 aromatic heterocycles. The number of fused-ring (bicyclic) bond motifs is 1. The van der Waals surface area contributed by atoms with E-state index in [1.807, 2.05) is 36.4 Å². The summed E-state index contributed by atoms with van der Waals surface area (Å²) in [5, 5.41) is 2.93. The first-order chi connectivity index (χ1) is 14.6. The van der Waals surface area contributed by atoms with Crippen LogP contribution in [-0.4, -0.2) is 20.9 Å². The zero-order valence-electron chi connectivity index (χ0n) is 15.8. The van der Waals surface area contributed by atoms with Gasteiger partial charge in [0.2, 0.25) is 0 Å². The minimum absolute atomic E-state index is 0.127. The smallest absolute Gasteiger partial charge is 0.327 e. The fourth-order valence-electron chi connectivity index (χ4n) is 2.95. The summed E-state index contributed by atoms with van der Waals surface area (Å²) in [5.41, 5.74) is 0.971. The number of ether oxygens (including phenoxy) is 1. The lowest BCUT2D eigenvalue weighted by Gasteiger charge is -2.08. The molecule has 0 unspecified atom stereocenters. The van der Waals surface area contributed by atoms with Crippen LogP contribution in [0, 0.1) is 0 Å². The number of nitrogens with zero attached hydrogens (tertiary/aromatic N) is 1. The molecule has 0 aliphatic heterocycles. The molecule has 4 aromatic rings. The highest BCUT2D eigenvalue weighted by Gasteiger charge is 2.10. The second kappa shape index (κ2) is 8.58. The van der Waals surface area contributed by atoms with E-state index in [1.165, 1.54) is 12.3 Å². The van der Waals surface area contributed by atoms with Crippen LogP contribution in [-0.2, 0) is 24.5 Å². The molecule has 0 fully saturated rings. The van der Waals surface area contributed by atoms with Crippen molar-refractivity contribution in [2.75, 3.05) is 0 Å². The molecular weight excluding hydrogens is 388 g/mol. The number of carbonyl (C=O) groups is 1. The molecule has 0 aliphatic rings. The number of benzene rings is 1. The summed E-state index contributed by atoms with van der Waals surface area (Å²) in [6.07, 6.45) is 2.91. The van der Waals surface area contributed by atoms with Gasteiger partial charge in [0.15, 0.2) is 0 Å². The zero-order chi connectivity index (χ0) is 20.9. The highest BCUT2D eigenvalue weighted by Crippen LogP contribution is 2.10. The number of furan rings is 1. The fourth-order valence-corrected chi connectivity index (χ4v) is 2.95. The van der Waals surface area contributed by atoms with Gasteiger partial charge in [0.25, 0.3) is 11.5 Å². The maximum absolute atomic E-state index is 12.5. The van der Waals surface area contributed by atoms with E-state index in [9.17, 15) is 14.4 Å². The first-order valence-electron chi connectivity index (χ1n) is 9.17. The van der Waals surface area contributed by atoms with Crippen LogP contribution in [0.5, 0.6) is 0 Å². The van der Waals surface area contributed by atoms with Crippen LogP contribution >= 0.6 is 0 Å². The first kappa shape index (κ1) is 19.3. The van der Waals surface area contributed by atoms with Gasteiger partial charge >= 0.3 is 5.69 Å². The van der Waals surface area contributed by atoms with Crippen molar-refractivity contribution < 1.29 is 13.9 Å². The van der Waals surface area contributed by atoms with Gasteiger partial charge in [0.1, 0.15) is 18.0 Å². The molecule has 0 atom stereocenters. The molecule has 9 heteroatoms. The number of nitrogens with one attached hydrogen (secondary N) is 3. The van der Waals surface area contributed by atoms with E-state index in [4.69, 9.17) is 9.15 Å². The summed E-state index contributed by atoms with van der Waals surface area (Å²) < 4.78 is 10.9. The van der Waals surface area contributed by atoms with E-state index < -0.39 is 11.2 Å². The van der Waals surface area contributed by atoms with Crippen LogP contribution in [0.15, 0.2) is 68.9 Å². The van der Waals surface area contributed by atoms with E-state index in [1.54, 1.807) is 6.26 Å². The second-order valence-electron chi connectivity index (χ2n) is 6.60. The molecule has 0 bridgehead atoms. The summed E-state index contributed by atoms with van der Waals surface area (Å²) in [6.45, 7) is 1.09. The normalized spacial score (nSPS) is 10.9. The number of carbonyl (C=O) groups excluding carboxylic acids is 1. The number of aromatic amines is 2. The number of hydrogen-bond acceptors (Lipinski definition) is 6. The molecule has 0 saturated carbocycles. The van der Waals surface area contributed by atoms with Crippen LogP contribution < -0.4 is 16.6 Å². The third-order valence-electron chi connectivity index (χ3n) is 4.39. The lowest BCUT2D eigenvalue weighted by Crippen LogP contribution is -2.25. The monoisotopic (exact) mass is 406 g/mol. The van der Waals surface area contributed by atoms with Crippen molar-refractivity contribution >= 4 is 16.9 Å². The predicted octanol–water partition coefficient (Wildman–Crippen LogP) is 1.85. The molecule has 3 heterocycles. The Balaban J connectivity index is 1.38. The number of H-pyrrole nitrogens is 2. The number of rotatable bonds is 7. The topological polar surface area (TPSA) is 130 Å². The Morgan fingerprint density at radius 1 is 1.07 bits per heavy atom. The predicted molar refractivity (Wildman–Crippen MR) is 108 cm³/mol. The minimum atomic E-state index is -0.648. The quantitative estimate of drug-likeness (QED) is 0.429. The van der Waals surface area contributed by atoms with Crippen LogP contribution in [0.1, 0.15) is 27.2 Å². The molecule has 1 aromatic carbocycles. The second-order valence-corrected chi connectivity index (χ2v) is 6.60. The highest BCUT2D eigenvalue weighted by atomic mass is 16.5. The van der Waals surface area contributed by atoms with Gasteiger partial charge in [-0.25, -0.2) is 9.78 Å². The van der Waals surface area contributed by atoms with E-state index in [0.717, 1.165) is 16.9 Å². The van der Waals surface area contributed by atoms with Crippen molar-refractivity contribution in [1.82, 2.24) is 20.3 Å². The molecule has 0 radical (unpaired) electrons. The molecule has 9 nitrogen and oxygen atoms in total. The van der Waals surface area contributed by atoms with E-state index in [-0.39, 0.29) is 22.5 Å².